The summed E-state index contributed by atoms with van der Waals surface area (Å²) < 4.78 is 5.73. The first-order valence-corrected chi connectivity index (χ1v) is 9.94. The van der Waals surface area contributed by atoms with E-state index in [1.165, 1.54) is 12.8 Å². The van der Waals surface area contributed by atoms with E-state index in [2.05, 4.69) is 38.5 Å². The van der Waals surface area contributed by atoms with E-state index in [9.17, 15) is 9.59 Å². The molecule has 2 amide bonds. The monoisotopic (exact) mass is 433 g/mol. The number of carbonyl (C=O) groups is 2. The molecule has 1 fully saturated rings. The fourth-order valence-electron chi connectivity index (χ4n) is 3.21. The van der Waals surface area contributed by atoms with E-state index in [4.69, 9.17) is 4.42 Å². The van der Waals surface area contributed by atoms with Crippen LogP contribution in [0.25, 0.3) is 0 Å². The number of halogens is 1. The van der Waals surface area contributed by atoms with Crippen LogP contribution in [0, 0.1) is 5.92 Å². The Bertz CT molecular complexity index is 797. The number of benzene rings is 1. The predicted octanol–water partition coefficient (Wildman–Crippen LogP) is 3.76. The fraction of sp³-hybridized carbons (Fsp3) is 0.400. The van der Waals surface area contributed by atoms with Gasteiger partial charge in [-0.2, -0.15) is 0 Å². The van der Waals surface area contributed by atoms with Gasteiger partial charge in [-0.15, -0.1) is 0 Å². The standard InChI is InChI=1S/C20H24BrN3O3/c1-24-11-8-14(9-12-24)7-10-22-19(25)15-3-2-4-16(13-15)23-20(26)17-5-6-18(21)27-17/h2-6,13-14H,7-12H2,1H3,(H,22,25)(H,23,26). The van der Waals surface area contributed by atoms with Crippen molar-refractivity contribution in [2.24, 2.45) is 5.92 Å². The quantitative estimate of drug-likeness (QED) is 0.726. The van der Waals surface area contributed by atoms with E-state index in [-0.39, 0.29) is 17.6 Å². The van der Waals surface area contributed by atoms with Gasteiger partial charge in [-0.05, 0) is 91.6 Å². The van der Waals surface area contributed by atoms with E-state index in [1.54, 1.807) is 36.4 Å². The number of piperidine rings is 1. The Balaban J connectivity index is 1.50. The van der Waals surface area contributed by atoms with E-state index in [1.807, 2.05) is 0 Å². The number of nitrogens with zero attached hydrogens (tertiary/aromatic N) is 1. The predicted molar refractivity (Wildman–Crippen MR) is 108 cm³/mol. The molecule has 7 heteroatoms. The van der Waals surface area contributed by atoms with Crippen LogP contribution in [0.5, 0.6) is 0 Å². The Morgan fingerprint density at radius 1 is 1.19 bits per heavy atom. The van der Waals surface area contributed by atoms with Gasteiger partial charge in [0.15, 0.2) is 10.4 Å². The van der Waals surface area contributed by atoms with Crippen LogP contribution in [0.15, 0.2) is 45.5 Å². The number of furan rings is 1. The molecular formula is C20H24BrN3O3. The zero-order valence-corrected chi connectivity index (χ0v) is 16.9. The van der Waals surface area contributed by atoms with E-state index < -0.39 is 0 Å². The van der Waals surface area contributed by atoms with E-state index in [0.29, 0.717) is 28.4 Å². The average Bonchev–Trinajstić information content (AvgIpc) is 3.10. The molecule has 0 bridgehead atoms. The number of nitrogens with one attached hydrogen (secondary N) is 2. The molecule has 1 aromatic heterocycles. The van der Waals surface area contributed by atoms with Crippen LogP contribution in [-0.4, -0.2) is 43.4 Å². The Morgan fingerprint density at radius 2 is 1.96 bits per heavy atom. The third kappa shape index (κ3) is 5.68. The summed E-state index contributed by atoms with van der Waals surface area (Å²) in [5, 5.41) is 5.72. The van der Waals surface area contributed by atoms with Gasteiger partial charge in [-0.3, -0.25) is 9.59 Å². The zero-order valence-electron chi connectivity index (χ0n) is 15.3. The number of anilines is 1. The van der Waals surface area contributed by atoms with Gasteiger partial charge in [-0.1, -0.05) is 6.07 Å². The van der Waals surface area contributed by atoms with Crippen molar-refractivity contribution in [3.8, 4) is 0 Å². The molecule has 0 aliphatic carbocycles. The summed E-state index contributed by atoms with van der Waals surface area (Å²) >= 11 is 3.17. The number of rotatable bonds is 6. The molecule has 2 aromatic rings. The summed E-state index contributed by atoms with van der Waals surface area (Å²) in [6.07, 6.45) is 3.39. The first-order chi connectivity index (χ1) is 13.0. The van der Waals surface area contributed by atoms with Gasteiger partial charge in [0.05, 0.1) is 0 Å². The number of amides is 2. The fourth-order valence-corrected chi connectivity index (χ4v) is 3.52. The highest BCUT2D eigenvalue weighted by molar-refractivity contribution is 9.10. The lowest BCUT2D eigenvalue weighted by molar-refractivity contribution is 0.0947. The van der Waals surface area contributed by atoms with Crippen LogP contribution in [0.4, 0.5) is 5.69 Å². The van der Waals surface area contributed by atoms with Gasteiger partial charge in [0.2, 0.25) is 0 Å². The number of hydrogen-bond donors (Lipinski definition) is 2. The van der Waals surface area contributed by atoms with Crippen molar-refractivity contribution in [1.82, 2.24) is 10.2 Å². The van der Waals surface area contributed by atoms with Crippen LogP contribution in [0.3, 0.4) is 0 Å². The molecule has 144 valence electrons. The molecule has 2 heterocycles. The summed E-state index contributed by atoms with van der Waals surface area (Å²) in [6.45, 7) is 2.93. The Kier molecular flexibility index (Phi) is 6.68. The Morgan fingerprint density at radius 3 is 2.67 bits per heavy atom. The summed E-state index contributed by atoms with van der Waals surface area (Å²) in [6, 6.07) is 10.1. The molecule has 3 rings (SSSR count). The van der Waals surface area contributed by atoms with Gasteiger partial charge in [-0.25, -0.2) is 0 Å². The molecule has 0 radical (unpaired) electrons. The normalized spacial score (nSPS) is 15.5. The second kappa shape index (κ2) is 9.19. The molecule has 27 heavy (non-hydrogen) atoms. The number of hydrogen-bond acceptors (Lipinski definition) is 4. The third-order valence-electron chi connectivity index (χ3n) is 4.86. The lowest BCUT2D eigenvalue weighted by Gasteiger charge is -2.28. The topological polar surface area (TPSA) is 74.6 Å². The van der Waals surface area contributed by atoms with Crippen LogP contribution in [0.2, 0.25) is 0 Å². The third-order valence-corrected chi connectivity index (χ3v) is 5.28. The first kappa shape index (κ1) is 19.6. The zero-order chi connectivity index (χ0) is 19.2. The highest BCUT2D eigenvalue weighted by Crippen LogP contribution is 2.19. The number of carbonyl (C=O) groups excluding carboxylic acids is 2. The van der Waals surface area contributed by atoms with Gasteiger partial charge < -0.3 is 20.0 Å². The second-order valence-electron chi connectivity index (χ2n) is 6.93. The molecule has 0 spiro atoms. The highest BCUT2D eigenvalue weighted by Gasteiger charge is 2.17. The van der Waals surface area contributed by atoms with Crippen molar-refractivity contribution < 1.29 is 14.0 Å². The SMILES string of the molecule is CN1CCC(CCNC(=O)c2cccc(NC(=O)c3ccc(Br)o3)c2)CC1. The van der Waals surface area contributed by atoms with Crippen molar-refractivity contribution >= 4 is 33.4 Å². The average molecular weight is 434 g/mol. The molecule has 1 aliphatic rings. The van der Waals surface area contributed by atoms with Gasteiger partial charge >= 0.3 is 0 Å². The second-order valence-corrected chi connectivity index (χ2v) is 7.71. The van der Waals surface area contributed by atoms with E-state index >= 15 is 0 Å². The van der Waals surface area contributed by atoms with Gasteiger partial charge in [0.1, 0.15) is 0 Å². The summed E-state index contributed by atoms with van der Waals surface area (Å²) in [5.41, 5.74) is 1.08. The molecule has 1 saturated heterocycles. The van der Waals surface area contributed by atoms with Crippen LogP contribution in [0.1, 0.15) is 40.2 Å². The largest absolute Gasteiger partial charge is 0.444 e. The van der Waals surface area contributed by atoms with Crippen molar-refractivity contribution in [2.75, 3.05) is 32.0 Å². The minimum absolute atomic E-state index is 0.125. The molecule has 0 unspecified atom stereocenters. The van der Waals surface area contributed by atoms with Crippen molar-refractivity contribution in [2.45, 2.75) is 19.3 Å². The molecule has 2 N–H and O–H groups in total. The lowest BCUT2D eigenvalue weighted by atomic mass is 9.94. The van der Waals surface area contributed by atoms with Crippen molar-refractivity contribution in [1.29, 1.82) is 0 Å². The maximum Gasteiger partial charge on any atom is 0.291 e. The maximum atomic E-state index is 12.4. The minimum atomic E-state index is -0.361. The Hall–Kier alpha value is -2.12. The summed E-state index contributed by atoms with van der Waals surface area (Å²) in [5.74, 6) is 0.398. The lowest BCUT2D eigenvalue weighted by Crippen LogP contribution is -2.32. The molecule has 1 aromatic carbocycles. The molecule has 6 nitrogen and oxygen atoms in total. The first-order valence-electron chi connectivity index (χ1n) is 9.15. The molecule has 1 aliphatic heterocycles. The summed E-state index contributed by atoms with van der Waals surface area (Å²) in [7, 11) is 2.15. The highest BCUT2D eigenvalue weighted by atomic mass is 79.9. The smallest absolute Gasteiger partial charge is 0.291 e. The van der Waals surface area contributed by atoms with Crippen LogP contribution in [-0.2, 0) is 0 Å². The molecular weight excluding hydrogens is 410 g/mol. The number of likely N-dealkylation sites (tertiary alicyclic amines) is 1. The van der Waals surface area contributed by atoms with E-state index in [0.717, 1.165) is 19.5 Å². The molecule has 0 saturated carbocycles. The molecule has 0 atom stereocenters. The van der Waals surface area contributed by atoms with Gasteiger partial charge in [0.25, 0.3) is 11.8 Å². The van der Waals surface area contributed by atoms with Crippen molar-refractivity contribution in [3.63, 3.8) is 0 Å². The summed E-state index contributed by atoms with van der Waals surface area (Å²) in [4.78, 5) is 26.9. The van der Waals surface area contributed by atoms with Crippen LogP contribution < -0.4 is 10.6 Å². The Labute approximate surface area is 167 Å². The maximum absolute atomic E-state index is 12.4. The van der Waals surface area contributed by atoms with Crippen LogP contribution >= 0.6 is 15.9 Å². The minimum Gasteiger partial charge on any atom is -0.444 e. The van der Waals surface area contributed by atoms with Gasteiger partial charge in [0, 0.05) is 17.8 Å². The van der Waals surface area contributed by atoms with Crippen molar-refractivity contribution in [3.05, 3.63) is 52.4 Å².